The van der Waals surface area contributed by atoms with Crippen LogP contribution in [0.2, 0.25) is 0 Å². The van der Waals surface area contributed by atoms with Gasteiger partial charge < -0.3 is 9.80 Å². The largest absolute Gasteiger partial charge is 0.348 e. The van der Waals surface area contributed by atoms with Gasteiger partial charge >= 0.3 is 0 Å². The van der Waals surface area contributed by atoms with Gasteiger partial charge in [0.05, 0.1) is 12.1 Å². The molecule has 0 aliphatic carbocycles. The second-order valence-electron chi connectivity index (χ2n) is 7.32. The Morgan fingerprint density at radius 3 is 2.79 bits per heavy atom. The highest BCUT2D eigenvalue weighted by Crippen LogP contribution is 2.39. The molecule has 1 spiro atoms. The number of aromatic nitrogens is 1. The summed E-state index contributed by atoms with van der Waals surface area (Å²) in [6.07, 6.45) is 6.57. The molecule has 2 amide bonds. The van der Waals surface area contributed by atoms with Gasteiger partial charge in [-0.1, -0.05) is 0 Å². The smallest absolute Gasteiger partial charge is 0.255 e. The highest BCUT2D eigenvalue weighted by atomic mass is 16.2. The van der Waals surface area contributed by atoms with Gasteiger partial charge in [0.2, 0.25) is 5.91 Å². The summed E-state index contributed by atoms with van der Waals surface area (Å²) in [5.74, 6) is 0.217. The molecule has 24 heavy (non-hydrogen) atoms. The Balaban J connectivity index is 1.63. The molecule has 1 aromatic heterocycles. The summed E-state index contributed by atoms with van der Waals surface area (Å²) in [7, 11) is 3.60. The van der Waals surface area contributed by atoms with Gasteiger partial charge in [0.1, 0.15) is 0 Å². The summed E-state index contributed by atoms with van der Waals surface area (Å²) in [5.41, 5.74) is 0.799. The van der Waals surface area contributed by atoms with Crippen molar-refractivity contribution in [1.82, 2.24) is 19.7 Å². The van der Waals surface area contributed by atoms with E-state index in [-0.39, 0.29) is 17.2 Å². The Hall–Kier alpha value is -1.95. The minimum Gasteiger partial charge on any atom is -0.348 e. The number of piperidine rings is 1. The predicted molar refractivity (Wildman–Crippen MR) is 91.6 cm³/mol. The van der Waals surface area contributed by atoms with Crippen molar-refractivity contribution in [2.75, 3.05) is 46.8 Å². The molecule has 6 nitrogen and oxygen atoms in total. The first-order valence-corrected chi connectivity index (χ1v) is 8.61. The lowest BCUT2D eigenvalue weighted by atomic mass is 9.79. The molecule has 3 rings (SSSR count). The summed E-state index contributed by atoms with van der Waals surface area (Å²) in [6, 6.07) is 3.62. The SMILES string of the molecule is CN(C)C(=O)CN1CCC[C@@]2(CCN(C(=O)c3cccnc3)C2)C1. The Kier molecular flexibility index (Phi) is 4.85. The summed E-state index contributed by atoms with van der Waals surface area (Å²) in [6.45, 7) is 3.93. The van der Waals surface area contributed by atoms with Crippen molar-refractivity contribution in [3.63, 3.8) is 0 Å². The lowest BCUT2D eigenvalue weighted by Crippen LogP contribution is -2.48. The van der Waals surface area contributed by atoms with Gasteiger partial charge in [0, 0.05) is 51.5 Å². The fourth-order valence-electron chi connectivity index (χ4n) is 3.89. The molecule has 0 saturated carbocycles. The van der Waals surface area contributed by atoms with Crippen LogP contribution >= 0.6 is 0 Å². The number of pyridine rings is 1. The van der Waals surface area contributed by atoms with Crippen molar-refractivity contribution in [3.05, 3.63) is 30.1 Å². The van der Waals surface area contributed by atoms with Gasteiger partial charge in [-0.15, -0.1) is 0 Å². The minimum atomic E-state index is 0.0708. The third kappa shape index (κ3) is 3.59. The Morgan fingerprint density at radius 2 is 2.08 bits per heavy atom. The normalized spacial score (nSPS) is 24.3. The molecule has 0 N–H and O–H groups in total. The zero-order valence-corrected chi connectivity index (χ0v) is 14.6. The van der Waals surface area contributed by atoms with E-state index in [1.807, 2.05) is 11.0 Å². The standard InChI is InChI=1S/C18H26N4O2/c1-20(2)16(23)12-21-9-4-6-18(13-21)7-10-22(14-18)17(24)15-5-3-8-19-11-15/h3,5,8,11H,4,6-7,9-10,12-14H2,1-2H3/t18-/m1/s1. The Morgan fingerprint density at radius 1 is 1.25 bits per heavy atom. The lowest BCUT2D eigenvalue weighted by molar-refractivity contribution is -0.130. The van der Waals surface area contributed by atoms with Crippen molar-refractivity contribution in [2.24, 2.45) is 5.41 Å². The first-order valence-electron chi connectivity index (χ1n) is 8.61. The van der Waals surface area contributed by atoms with Crippen LogP contribution in [0.5, 0.6) is 0 Å². The number of carbonyl (C=O) groups is 2. The Labute approximate surface area is 143 Å². The number of hydrogen-bond donors (Lipinski definition) is 0. The summed E-state index contributed by atoms with van der Waals surface area (Å²) >= 11 is 0. The van der Waals surface area contributed by atoms with Crippen LogP contribution in [0.4, 0.5) is 0 Å². The van der Waals surface area contributed by atoms with Crippen molar-refractivity contribution in [3.8, 4) is 0 Å². The number of amides is 2. The van der Waals surface area contributed by atoms with E-state index in [1.165, 1.54) is 0 Å². The van der Waals surface area contributed by atoms with Gasteiger partial charge in [0.25, 0.3) is 5.91 Å². The maximum absolute atomic E-state index is 12.6. The number of likely N-dealkylation sites (tertiary alicyclic amines) is 2. The van der Waals surface area contributed by atoms with Crippen LogP contribution in [0, 0.1) is 5.41 Å². The summed E-state index contributed by atoms with van der Waals surface area (Å²) in [4.78, 5) is 34.5. The second-order valence-corrected chi connectivity index (χ2v) is 7.32. The van der Waals surface area contributed by atoms with E-state index in [4.69, 9.17) is 0 Å². The molecule has 2 saturated heterocycles. The van der Waals surface area contributed by atoms with Crippen LogP contribution in [0.25, 0.3) is 0 Å². The predicted octanol–water partition coefficient (Wildman–Crippen LogP) is 1.10. The molecule has 0 unspecified atom stereocenters. The average Bonchev–Trinajstić information content (AvgIpc) is 2.98. The van der Waals surface area contributed by atoms with Crippen LogP contribution in [0.3, 0.4) is 0 Å². The molecule has 1 atom stereocenters. The molecule has 3 heterocycles. The van der Waals surface area contributed by atoms with Crippen LogP contribution in [0.1, 0.15) is 29.6 Å². The van der Waals surface area contributed by atoms with Crippen molar-refractivity contribution in [1.29, 1.82) is 0 Å². The average molecular weight is 330 g/mol. The maximum Gasteiger partial charge on any atom is 0.255 e. The molecular weight excluding hydrogens is 304 g/mol. The van der Waals surface area contributed by atoms with Gasteiger partial charge in [-0.05, 0) is 37.9 Å². The van der Waals surface area contributed by atoms with Crippen LogP contribution in [-0.4, -0.2) is 78.3 Å². The second kappa shape index (κ2) is 6.89. The molecule has 130 valence electrons. The Bertz CT molecular complexity index is 604. The summed E-state index contributed by atoms with van der Waals surface area (Å²) in [5, 5.41) is 0. The van der Waals surface area contributed by atoms with Crippen molar-refractivity contribution in [2.45, 2.75) is 19.3 Å². The topological polar surface area (TPSA) is 56.8 Å². The van der Waals surface area contributed by atoms with Gasteiger partial charge in [-0.2, -0.15) is 0 Å². The highest BCUT2D eigenvalue weighted by Gasteiger charge is 2.43. The molecule has 1 aromatic rings. The van der Waals surface area contributed by atoms with E-state index < -0.39 is 0 Å². The van der Waals surface area contributed by atoms with E-state index in [0.29, 0.717) is 12.1 Å². The fourth-order valence-corrected chi connectivity index (χ4v) is 3.89. The molecule has 6 heteroatoms. The van der Waals surface area contributed by atoms with E-state index in [9.17, 15) is 9.59 Å². The van der Waals surface area contributed by atoms with E-state index in [2.05, 4.69) is 9.88 Å². The highest BCUT2D eigenvalue weighted by molar-refractivity contribution is 5.94. The molecule has 0 bridgehead atoms. The van der Waals surface area contributed by atoms with Crippen molar-refractivity contribution < 1.29 is 9.59 Å². The van der Waals surface area contributed by atoms with Gasteiger partial charge in [0.15, 0.2) is 0 Å². The van der Waals surface area contributed by atoms with Gasteiger partial charge in [-0.3, -0.25) is 19.5 Å². The third-order valence-corrected chi connectivity index (χ3v) is 5.23. The molecule has 2 aliphatic heterocycles. The van der Waals surface area contributed by atoms with Crippen LogP contribution in [0.15, 0.2) is 24.5 Å². The first kappa shape index (κ1) is 16.9. The maximum atomic E-state index is 12.6. The number of hydrogen-bond acceptors (Lipinski definition) is 4. The van der Waals surface area contributed by atoms with Gasteiger partial charge in [-0.25, -0.2) is 0 Å². The number of likely N-dealkylation sites (N-methyl/N-ethyl adjacent to an activating group) is 1. The summed E-state index contributed by atoms with van der Waals surface area (Å²) < 4.78 is 0. The van der Waals surface area contributed by atoms with E-state index >= 15 is 0 Å². The van der Waals surface area contributed by atoms with E-state index in [1.54, 1.807) is 37.5 Å². The van der Waals surface area contributed by atoms with Crippen molar-refractivity contribution >= 4 is 11.8 Å². The quantitative estimate of drug-likeness (QED) is 0.833. The fraction of sp³-hybridized carbons (Fsp3) is 0.611. The van der Waals surface area contributed by atoms with E-state index in [0.717, 1.165) is 45.4 Å². The lowest BCUT2D eigenvalue weighted by Gasteiger charge is -2.40. The molecule has 0 radical (unpaired) electrons. The molecular formula is C18H26N4O2. The monoisotopic (exact) mass is 330 g/mol. The number of rotatable bonds is 3. The first-order chi connectivity index (χ1) is 11.5. The zero-order valence-electron chi connectivity index (χ0n) is 14.6. The molecule has 2 fully saturated rings. The number of carbonyl (C=O) groups excluding carboxylic acids is 2. The minimum absolute atomic E-state index is 0.0708. The molecule has 0 aromatic carbocycles. The zero-order chi connectivity index (χ0) is 17.2. The molecule has 2 aliphatic rings. The van der Waals surface area contributed by atoms with Crippen LogP contribution < -0.4 is 0 Å². The van der Waals surface area contributed by atoms with Crippen LogP contribution in [-0.2, 0) is 4.79 Å². The number of nitrogens with zero attached hydrogens (tertiary/aromatic N) is 4. The third-order valence-electron chi connectivity index (χ3n) is 5.23.